The highest BCUT2D eigenvalue weighted by Crippen LogP contribution is 2.38. The van der Waals surface area contributed by atoms with Gasteiger partial charge in [0.2, 0.25) is 5.95 Å². The third-order valence-corrected chi connectivity index (χ3v) is 6.06. The molecular formula is C20H18BrF5N4O2. The van der Waals surface area contributed by atoms with E-state index in [2.05, 4.69) is 25.9 Å². The summed E-state index contributed by atoms with van der Waals surface area (Å²) in [5, 5.41) is 0. The Morgan fingerprint density at radius 1 is 1.25 bits per heavy atom. The number of cyclic esters (lactones) is 1. The molecule has 0 bridgehead atoms. The second kappa shape index (κ2) is 7.82. The van der Waals surface area contributed by atoms with Crippen LogP contribution in [0.2, 0.25) is 0 Å². The maximum Gasteiger partial charge on any atom is 0.416 e. The quantitative estimate of drug-likeness (QED) is 0.524. The molecule has 0 spiro atoms. The number of carbonyl (C=O) groups excluding carboxylic acids is 1. The van der Waals surface area contributed by atoms with Crippen LogP contribution in [0.1, 0.15) is 35.4 Å². The Morgan fingerprint density at radius 2 is 1.94 bits per heavy atom. The average Bonchev–Trinajstić information content (AvgIpc) is 2.95. The molecular weight excluding hydrogens is 503 g/mol. The molecule has 4 rings (SSSR count). The Labute approximate surface area is 188 Å². The number of alkyl halides is 5. The molecule has 172 valence electrons. The molecule has 0 N–H and O–H groups in total. The number of halogens is 6. The summed E-state index contributed by atoms with van der Waals surface area (Å²) >= 11 is 3.29. The number of carbonyl (C=O) groups is 1. The van der Waals surface area contributed by atoms with Gasteiger partial charge < -0.3 is 9.64 Å². The van der Waals surface area contributed by atoms with Crippen molar-refractivity contribution in [3.63, 3.8) is 0 Å². The van der Waals surface area contributed by atoms with Gasteiger partial charge in [0.1, 0.15) is 6.10 Å². The zero-order valence-corrected chi connectivity index (χ0v) is 18.5. The molecule has 2 aliphatic heterocycles. The molecule has 2 atom stereocenters. The van der Waals surface area contributed by atoms with Crippen molar-refractivity contribution in [3.05, 3.63) is 51.3 Å². The third kappa shape index (κ3) is 4.37. The molecule has 0 unspecified atom stereocenters. The zero-order valence-electron chi connectivity index (χ0n) is 17.0. The molecule has 1 amide bonds. The number of hydrogen-bond donors (Lipinski definition) is 0. The van der Waals surface area contributed by atoms with Crippen molar-refractivity contribution in [1.29, 1.82) is 0 Å². The lowest BCUT2D eigenvalue weighted by molar-refractivity contribution is -0.137. The van der Waals surface area contributed by atoms with Gasteiger partial charge in [-0.3, -0.25) is 4.90 Å². The molecule has 2 saturated heterocycles. The minimum Gasteiger partial charge on any atom is -0.439 e. The normalized spacial score (nSPS) is 22.7. The van der Waals surface area contributed by atoms with E-state index in [4.69, 9.17) is 4.74 Å². The van der Waals surface area contributed by atoms with Crippen molar-refractivity contribution in [1.82, 2.24) is 14.9 Å². The first-order valence-corrected chi connectivity index (χ1v) is 10.4. The Morgan fingerprint density at radius 3 is 2.56 bits per heavy atom. The highest BCUT2D eigenvalue weighted by molar-refractivity contribution is 9.10. The molecule has 3 heterocycles. The van der Waals surface area contributed by atoms with E-state index in [1.807, 2.05) is 0 Å². The Kier molecular flexibility index (Phi) is 5.54. The molecule has 1 aromatic carbocycles. The van der Waals surface area contributed by atoms with Crippen LogP contribution in [-0.2, 0) is 17.5 Å². The molecule has 0 saturated carbocycles. The fourth-order valence-electron chi connectivity index (χ4n) is 3.77. The maximum atomic E-state index is 13.2. The third-order valence-electron chi connectivity index (χ3n) is 5.40. The topological polar surface area (TPSA) is 58.6 Å². The molecule has 32 heavy (non-hydrogen) atoms. The van der Waals surface area contributed by atoms with Crippen LogP contribution in [0.5, 0.6) is 0 Å². The molecule has 1 aromatic heterocycles. The van der Waals surface area contributed by atoms with Crippen molar-refractivity contribution >= 4 is 28.0 Å². The van der Waals surface area contributed by atoms with Gasteiger partial charge in [0.15, 0.2) is 0 Å². The number of aryl methyl sites for hydroxylation is 1. The van der Waals surface area contributed by atoms with E-state index in [-0.39, 0.29) is 18.1 Å². The van der Waals surface area contributed by atoms with Crippen LogP contribution < -0.4 is 4.90 Å². The Balaban J connectivity index is 1.56. The number of rotatable bonds is 4. The summed E-state index contributed by atoms with van der Waals surface area (Å²) in [6.07, 6.45) is -4.73. The standard InChI is InChI=1S/C20H18BrF5N4O2/c1-10-3-12(5-13(4-10)20(24,25)26)16-11(2)30(18(31)32-16)7-15-14(21)6-27-17(28-15)29-8-19(22,23)9-29/h3-6,11,16H,7-9H2,1-2H3/t11-,16-/m0/s1. The molecule has 0 radical (unpaired) electrons. The van der Waals surface area contributed by atoms with Crippen LogP contribution in [-0.4, -0.2) is 46.0 Å². The molecule has 12 heteroatoms. The number of benzene rings is 1. The fraction of sp³-hybridized carbons (Fsp3) is 0.450. The van der Waals surface area contributed by atoms with Gasteiger partial charge in [-0.05, 0) is 47.5 Å². The minimum absolute atomic E-state index is 0.0330. The van der Waals surface area contributed by atoms with E-state index in [9.17, 15) is 26.7 Å². The van der Waals surface area contributed by atoms with Crippen LogP contribution in [0.3, 0.4) is 0 Å². The largest absolute Gasteiger partial charge is 0.439 e. The first kappa shape index (κ1) is 22.7. The molecule has 0 aliphatic carbocycles. The summed E-state index contributed by atoms with van der Waals surface area (Å²) in [5.74, 6) is -2.68. The predicted molar refractivity (Wildman–Crippen MR) is 107 cm³/mol. The van der Waals surface area contributed by atoms with Crippen molar-refractivity contribution in [2.45, 2.75) is 44.6 Å². The molecule has 2 fully saturated rings. The zero-order chi connectivity index (χ0) is 23.4. The number of anilines is 1. The van der Waals surface area contributed by atoms with Crippen LogP contribution in [0, 0.1) is 6.92 Å². The lowest BCUT2D eigenvalue weighted by Gasteiger charge is -2.38. The van der Waals surface area contributed by atoms with Crippen LogP contribution in [0.4, 0.5) is 32.7 Å². The van der Waals surface area contributed by atoms with Crippen molar-refractivity contribution < 1.29 is 31.5 Å². The average molecular weight is 521 g/mol. The van der Waals surface area contributed by atoms with E-state index in [1.54, 1.807) is 13.0 Å². The van der Waals surface area contributed by atoms with Crippen molar-refractivity contribution in [3.8, 4) is 0 Å². The molecule has 2 aromatic rings. The SMILES string of the molecule is Cc1cc([C@H]2OC(=O)N(Cc3nc(N4CC(F)(F)C4)ncc3Br)[C@H]2C)cc(C(F)(F)F)c1. The van der Waals surface area contributed by atoms with E-state index in [0.29, 0.717) is 15.7 Å². The molecule has 6 nitrogen and oxygen atoms in total. The monoisotopic (exact) mass is 520 g/mol. The minimum atomic E-state index is -4.53. The lowest BCUT2D eigenvalue weighted by atomic mass is 9.98. The summed E-state index contributed by atoms with van der Waals surface area (Å²) in [6, 6.07) is 2.97. The maximum absolute atomic E-state index is 13.2. The molecule has 2 aliphatic rings. The van der Waals surface area contributed by atoms with E-state index >= 15 is 0 Å². The lowest BCUT2D eigenvalue weighted by Crippen LogP contribution is -2.57. The predicted octanol–water partition coefficient (Wildman–Crippen LogP) is 5.10. The second-order valence-corrected chi connectivity index (χ2v) is 8.83. The fourth-order valence-corrected chi connectivity index (χ4v) is 4.09. The van der Waals surface area contributed by atoms with Crippen molar-refractivity contribution in [2.24, 2.45) is 0 Å². The highest BCUT2D eigenvalue weighted by Gasteiger charge is 2.45. The van der Waals surface area contributed by atoms with Crippen LogP contribution >= 0.6 is 15.9 Å². The van der Waals surface area contributed by atoms with Gasteiger partial charge in [-0.1, -0.05) is 11.6 Å². The Hall–Kier alpha value is -2.50. The second-order valence-electron chi connectivity index (χ2n) is 7.98. The summed E-state index contributed by atoms with van der Waals surface area (Å²) in [4.78, 5) is 23.5. The van der Waals surface area contributed by atoms with E-state index in [1.165, 1.54) is 22.9 Å². The number of aromatic nitrogens is 2. The van der Waals surface area contributed by atoms with E-state index < -0.39 is 49.0 Å². The van der Waals surface area contributed by atoms with Gasteiger partial charge in [-0.15, -0.1) is 0 Å². The van der Waals surface area contributed by atoms with Gasteiger partial charge in [0.05, 0.1) is 41.4 Å². The number of hydrogen-bond acceptors (Lipinski definition) is 5. The van der Waals surface area contributed by atoms with Gasteiger partial charge >= 0.3 is 12.3 Å². The first-order valence-electron chi connectivity index (χ1n) is 9.64. The smallest absolute Gasteiger partial charge is 0.416 e. The highest BCUT2D eigenvalue weighted by atomic mass is 79.9. The van der Waals surface area contributed by atoms with Gasteiger partial charge in [-0.25, -0.2) is 23.5 Å². The van der Waals surface area contributed by atoms with Gasteiger partial charge in [0, 0.05) is 6.20 Å². The summed E-state index contributed by atoms with van der Waals surface area (Å²) in [6.45, 7) is 2.18. The van der Waals surface area contributed by atoms with Crippen LogP contribution in [0.25, 0.3) is 0 Å². The van der Waals surface area contributed by atoms with Gasteiger partial charge in [0.25, 0.3) is 5.92 Å². The van der Waals surface area contributed by atoms with Gasteiger partial charge in [-0.2, -0.15) is 13.2 Å². The summed E-state index contributed by atoms with van der Waals surface area (Å²) < 4.78 is 71.8. The number of nitrogens with zero attached hydrogens (tertiary/aromatic N) is 4. The van der Waals surface area contributed by atoms with Crippen LogP contribution in [0.15, 0.2) is 28.9 Å². The first-order chi connectivity index (χ1) is 14.8. The van der Waals surface area contributed by atoms with E-state index in [0.717, 1.165) is 12.1 Å². The van der Waals surface area contributed by atoms with Crippen molar-refractivity contribution in [2.75, 3.05) is 18.0 Å². The summed E-state index contributed by atoms with van der Waals surface area (Å²) in [7, 11) is 0. The Bertz CT molecular complexity index is 1060. The number of ether oxygens (including phenoxy) is 1. The number of amides is 1. The summed E-state index contributed by atoms with van der Waals surface area (Å²) in [5.41, 5.74) is 0.190.